The molecule has 100 valence electrons. The average molecular weight is 251 g/mol. The van der Waals surface area contributed by atoms with E-state index in [2.05, 4.69) is 10.3 Å². The van der Waals surface area contributed by atoms with Gasteiger partial charge in [0.2, 0.25) is 0 Å². The van der Waals surface area contributed by atoms with Gasteiger partial charge in [-0.15, -0.1) is 0 Å². The Kier molecular flexibility index (Phi) is 5.58. The molecule has 0 aliphatic heterocycles. The van der Waals surface area contributed by atoms with E-state index in [-0.39, 0.29) is 18.6 Å². The molecule has 1 amide bonds. The average Bonchev–Trinajstić information content (AvgIpc) is 2.35. The van der Waals surface area contributed by atoms with Gasteiger partial charge in [-0.05, 0) is 32.9 Å². The Bertz CT molecular complexity index is 394. The van der Waals surface area contributed by atoms with Crippen molar-refractivity contribution in [2.24, 2.45) is 0 Å². The first-order chi connectivity index (χ1) is 8.60. The summed E-state index contributed by atoms with van der Waals surface area (Å²) in [7, 11) is 0. The van der Waals surface area contributed by atoms with E-state index in [4.69, 9.17) is 5.11 Å². The van der Waals surface area contributed by atoms with Crippen molar-refractivity contribution in [1.82, 2.24) is 9.88 Å². The van der Waals surface area contributed by atoms with Crippen LogP contribution in [0.25, 0.3) is 0 Å². The Morgan fingerprint density at radius 2 is 2.22 bits per heavy atom. The third kappa shape index (κ3) is 3.70. The number of nitrogens with one attached hydrogen (secondary N) is 1. The number of nitrogens with zero attached hydrogens (tertiary/aromatic N) is 2. The van der Waals surface area contributed by atoms with Crippen LogP contribution in [0.4, 0.5) is 5.82 Å². The lowest BCUT2D eigenvalue weighted by Gasteiger charge is -2.25. The molecule has 2 N–H and O–H groups in total. The number of carbonyl (C=O) groups is 1. The highest BCUT2D eigenvalue weighted by molar-refractivity contribution is 5.92. The highest BCUT2D eigenvalue weighted by Gasteiger charge is 2.19. The molecule has 1 rings (SSSR count). The number of aromatic nitrogens is 1. The van der Waals surface area contributed by atoms with Gasteiger partial charge in [-0.25, -0.2) is 4.98 Å². The van der Waals surface area contributed by atoms with E-state index in [1.807, 2.05) is 26.8 Å². The number of aliphatic hydroxyl groups excluding tert-OH is 1. The quantitative estimate of drug-likeness (QED) is 0.801. The number of hydrogen-bond acceptors (Lipinski definition) is 4. The molecule has 0 unspecified atom stereocenters. The molecule has 1 aromatic rings. The van der Waals surface area contributed by atoms with Gasteiger partial charge in [0.15, 0.2) is 0 Å². The van der Waals surface area contributed by atoms with Gasteiger partial charge in [-0.2, -0.15) is 0 Å². The summed E-state index contributed by atoms with van der Waals surface area (Å²) in [6.45, 7) is 6.85. The predicted octanol–water partition coefficient (Wildman–Crippen LogP) is 1.36. The van der Waals surface area contributed by atoms with Crippen molar-refractivity contribution in [3.63, 3.8) is 0 Å². The molecule has 0 bridgehead atoms. The Morgan fingerprint density at radius 3 is 2.78 bits per heavy atom. The normalized spacial score (nSPS) is 10.5. The second-order valence-electron chi connectivity index (χ2n) is 4.25. The Labute approximate surface area is 108 Å². The van der Waals surface area contributed by atoms with Crippen LogP contribution < -0.4 is 5.32 Å². The standard InChI is InChI=1S/C13H21N3O2/c1-4-14-12-7-5-6-11(15-12)13(18)16(8-9-17)10(2)3/h5-7,10,17H,4,8-9H2,1-3H3,(H,14,15). The second-order valence-corrected chi connectivity index (χ2v) is 4.25. The van der Waals surface area contributed by atoms with E-state index in [1.165, 1.54) is 0 Å². The van der Waals surface area contributed by atoms with Gasteiger partial charge in [0.1, 0.15) is 11.5 Å². The summed E-state index contributed by atoms with van der Waals surface area (Å²) in [4.78, 5) is 18.1. The molecule has 0 radical (unpaired) electrons. The molecule has 0 aliphatic rings. The van der Waals surface area contributed by atoms with Crippen molar-refractivity contribution in [2.45, 2.75) is 26.8 Å². The van der Waals surface area contributed by atoms with Gasteiger partial charge in [0.25, 0.3) is 5.91 Å². The summed E-state index contributed by atoms with van der Waals surface area (Å²) in [5, 5.41) is 12.1. The molecule has 0 aromatic carbocycles. The predicted molar refractivity (Wildman–Crippen MR) is 71.7 cm³/mol. The number of rotatable bonds is 6. The minimum atomic E-state index is -0.154. The topological polar surface area (TPSA) is 65.5 Å². The summed E-state index contributed by atoms with van der Waals surface area (Å²) in [5.74, 6) is 0.537. The fourth-order valence-electron chi connectivity index (χ4n) is 1.68. The third-order valence-electron chi connectivity index (χ3n) is 2.55. The van der Waals surface area contributed by atoms with Crippen molar-refractivity contribution >= 4 is 11.7 Å². The van der Waals surface area contributed by atoms with Crippen LogP contribution in [0.2, 0.25) is 0 Å². The molecule has 0 saturated carbocycles. The first-order valence-electron chi connectivity index (χ1n) is 6.22. The molecular formula is C13H21N3O2. The van der Waals surface area contributed by atoms with Crippen molar-refractivity contribution in [3.8, 4) is 0 Å². The van der Waals surface area contributed by atoms with Gasteiger partial charge in [0, 0.05) is 19.1 Å². The third-order valence-corrected chi connectivity index (χ3v) is 2.55. The van der Waals surface area contributed by atoms with Crippen LogP contribution in [-0.4, -0.2) is 46.6 Å². The molecule has 0 saturated heterocycles. The van der Waals surface area contributed by atoms with Gasteiger partial charge >= 0.3 is 0 Å². The first kappa shape index (κ1) is 14.4. The summed E-state index contributed by atoms with van der Waals surface area (Å²) in [6, 6.07) is 5.35. The van der Waals surface area contributed by atoms with E-state index in [0.29, 0.717) is 18.1 Å². The Balaban J connectivity index is 2.90. The van der Waals surface area contributed by atoms with Crippen LogP contribution in [0.1, 0.15) is 31.3 Å². The van der Waals surface area contributed by atoms with E-state index in [9.17, 15) is 4.79 Å². The lowest BCUT2D eigenvalue weighted by Crippen LogP contribution is -2.39. The molecule has 0 fully saturated rings. The zero-order valence-electron chi connectivity index (χ0n) is 11.2. The molecule has 0 spiro atoms. The van der Waals surface area contributed by atoms with Crippen LogP contribution in [0, 0.1) is 0 Å². The first-order valence-corrected chi connectivity index (χ1v) is 6.22. The maximum absolute atomic E-state index is 12.3. The van der Waals surface area contributed by atoms with Gasteiger partial charge in [-0.3, -0.25) is 4.79 Å². The molecule has 1 aromatic heterocycles. The maximum atomic E-state index is 12.3. The summed E-state index contributed by atoms with van der Waals surface area (Å²) in [6.07, 6.45) is 0. The highest BCUT2D eigenvalue weighted by Crippen LogP contribution is 2.09. The molecule has 1 heterocycles. The van der Waals surface area contributed by atoms with Crippen LogP contribution in [0.5, 0.6) is 0 Å². The van der Waals surface area contributed by atoms with E-state index in [1.54, 1.807) is 17.0 Å². The van der Waals surface area contributed by atoms with Crippen molar-refractivity contribution in [2.75, 3.05) is 25.0 Å². The van der Waals surface area contributed by atoms with Crippen molar-refractivity contribution in [3.05, 3.63) is 23.9 Å². The summed E-state index contributed by atoms with van der Waals surface area (Å²) in [5.41, 5.74) is 0.399. The van der Waals surface area contributed by atoms with Crippen LogP contribution in [0.15, 0.2) is 18.2 Å². The summed E-state index contributed by atoms with van der Waals surface area (Å²) < 4.78 is 0. The lowest BCUT2D eigenvalue weighted by atomic mass is 10.2. The monoisotopic (exact) mass is 251 g/mol. The van der Waals surface area contributed by atoms with Crippen molar-refractivity contribution < 1.29 is 9.90 Å². The van der Waals surface area contributed by atoms with E-state index >= 15 is 0 Å². The second kappa shape index (κ2) is 6.96. The minimum absolute atomic E-state index is 0.0363. The Morgan fingerprint density at radius 1 is 1.50 bits per heavy atom. The van der Waals surface area contributed by atoms with E-state index in [0.717, 1.165) is 6.54 Å². The largest absolute Gasteiger partial charge is 0.395 e. The van der Waals surface area contributed by atoms with Crippen molar-refractivity contribution in [1.29, 1.82) is 0 Å². The molecule has 18 heavy (non-hydrogen) atoms. The number of carbonyl (C=O) groups excluding carboxylic acids is 1. The molecule has 5 heteroatoms. The highest BCUT2D eigenvalue weighted by atomic mass is 16.3. The fraction of sp³-hybridized carbons (Fsp3) is 0.538. The maximum Gasteiger partial charge on any atom is 0.272 e. The van der Waals surface area contributed by atoms with Gasteiger partial charge in [-0.1, -0.05) is 6.07 Å². The number of aliphatic hydroxyl groups is 1. The fourth-order valence-corrected chi connectivity index (χ4v) is 1.68. The smallest absolute Gasteiger partial charge is 0.272 e. The minimum Gasteiger partial charge on any atom is -0.395 e. The molecular weight excluding hydrogens is 230 g/mol. The zero-order valence-corrected chi connectivity index (χ0v) is 11.2. The number of pyridine rings is 1. The molecule has 0 aliphatic carbocycles. The summed E-state index contributed by atoms with van der Waals surface area (Å²) >= 11 is 0. The molecule has 5 nitrogen and oxygen atoms in total. The number of amides is 1. The number of anilines is 1. The van der Waals surface area contributed by atoms with Gasteiger partial charge in [0.05, 0.1) is 6.61 Å². The lowest BCUT2D eigenvalue weighted by molar-refractivity contribution is 0.0659. The van der Waals surface area contributed by atoms with Gasteiger partial charge < -0.3 is 15.3 Å². The van der Waals surface area contributed by atoms with Crippen LogP contribution in [-0.2, 0) is 0 Å². The SMILES string of the molecule is CCNc1cccc(C(=O)N(CCO)C(C)C)n1. The van der Waals surface area contributed by atoms with Crippen LogP contribution >= 0.6 is 0 Å². The Hall–Kier alpha value is -1.62. The zero-order chi connectivity index (χ0) is 13.5. The molecule has 0 atom stereocenters. The van der Waals surface area contributed by atoms with E-state index < -0.39 is 0 Å². The number of hydrogen-bond donors (Lipinski definition) is 2. The van der Waals surface area contributed by atoms with Crippen LogP contribution in [0.3, 0.4) is 0 Å².